The molecule has 1 heterocycles. The minimum absolute atomic E-state index is 0.0572. The number of nitrogens with zero attached hydrogens (tertiary/aromatic N) is 1. The maximum absolute atomic E-state index is 11.8. The summed E-state index contributed by atoms with van der Waals surface area (Å²) >= 11 is 0. The van der Waals surface area contributed by atoms with Crippen molar-refractivity contribution in [1.82, 2.24) is 15.5 Å². The van der Waals surface area contributed by atoms with Crippen LogP contribution in [0.5, 0.6) is 0 Å². The summed E-state index contributed by atoms with van der Waals surface area (Å²) in [6.45, 7) is 4.42. The van der Waals surface area contributed by atoms with Gasteiger partial charge in [0.15, 0.2) is 0 Å². The lowest BCUT2D eigenvalue weighted by molar-refractivity contribution is 0.0935. The highest BCUT2D eigenvalue weighted by Crippen LogP contribution is 2.05. The summed E-state index contributed by atoms with van der Waals surface area (Å²) in [6.07, 6.45) is 4.65. The Balaban J connectivity index is 2.52. The molecule has 0 fully saturated rings. The van der Waals surface area contributed by atoms with Gasteiger partial charge in [-0.15, -0.1) is 0 Å². The normalized spacial score (nSPS) is 12.4. The van der Waals surface area contributed by atoms with E-state index < -0.39 is 0 Å². The number of carbonyl (C=O) groups is 1. The van der Waals surface area contributed by atoms with Gasteiger partial charge >= 0.3 is 0 Å². The molecule has 0 saturated heterocycles. The Morgan fingerprint density at radius 2 is 2.44 bits per heavy atom. The van der Waals surface area contributed by atoms with Crippen LogP contribution in [0, 0.1) is 6.92 Å². The molecule has 0 spiro atoms. The monoisotopic (exact) mass is 224 g/mol. The van der Waals surface area contributed by atoms with Crippen molar-refractivity contribution in [2.24, 2.45) is 5.73 Å². The van der Waals surface area contributed by atoms with Crippen LogP contribution < -0.4 is 11.1 Å². The first kappa shape index (κ1) is 12.7. The molecule has 1 aromatic rings. The summed E-state index contributed by atoms with van der Waals surface area (Å²) in [6, 6.07) is 0.0572. The number of nitrogens with one attached hydrogen (secondary N) is 2. The van der Waals surface area contributed by atoms with Crippen LogP contribution in [0.3, 0.4) is 0 Å². The largest absolute Gasteiger partial charge is 0.348 e. The van der Waals surface area contributed by atoms with Crippen LogP contribution in [0.25, 0.3) is 0 Å². The second-order valence-electron chi connectivity index (χ2n) is 3.96. The molecule has 5 nitrogen and oxygen atoms in total. The molecule has 0 aliphatic carbocycles. The van der Waals surface area contributed by atoms with Crippen molar-refractivity contribution in [2.45, 2.75) is 39.2 Å². The van der Waals surface area contributed by atoms with E-state index in [2.05, 4.69) is 22.4 Å². The molecule has 1 rings (SSSR count). The summed E-state index contributed by atoms with van der Waals surface area (Å²) in [5.41, 5.74) is 6.99. The van der Waals surface area contributed by atoms with Gasteiger partial charge in [-0.3, -0.25) is 9.89 Å². The zero-order chi connectivity index (χ0) is 12.0. The SMILES string of the molecule is CCCCC(CN)NC(=O)c1cn[nH]c1C. The molecule has 1 aromatic heterocycles. The van der Waals surface area contributed by atoms with E-state index in [1.165, 1.54) is 6.20 Å². The van der Waals surface area contributed by atoms with Crippen molar-refractivity contribution >= 4 is 5.91 Å². The third-order valence-electron chi connectivity index (χ3n) is 2.60. The first-order chi connectivity index (χ1) is 7.69. The van der Waals surface area contributed by atoms with Gasteiger partial charge in [0, 0.05) is 18.3 Å². The lowest BCUT2D eigenvalue weighted by Crippen LogP contribution is -2.40. The summed E-state index contributed by atoms with van der Waals surface area (Å²) in [5.74, 6) is -0.0993. The van der Waals surface area contributed by atoms with Crippen LogP contribution in [-0.4, -0.2) is 28.7 Å². The van der Waals surface area contributed by atoms with Crippen LogP contribution >= 0.6 is 0 Å². The summed E-state index contributed by atoms with van der Waals surface area (Å²) in [5, 5.41) is 9.48. The number of aromatic amines is 1. The average molecular weight is 224 g/mol. The number of aryl methyl sites for hydroxylation is 1. The molecule has 0 saturated carbocycles. The Hall–Kier alpha value is -1.36. The van der Waals surface area contributed by atoms with E-state index in [9.17, 15) is 4.79 Å². The van der Waals surface area contributed by atoms with E-state index in [-0.39, 0.29) is 11.9 Å². The molecule has 0 radical (unpaired) electrons. The van der Waals surface area contributed by atoms with Crippen LogP contribution in [-0.2, 0) is 0 Å². The second-order valence-corrected chi connectivity index (χ2v) is 3.96. The minimum Gasteiger partial charge on any atom is -0.348 e. The zero-order valence-corrected chi connectivity index (χ0v) is 9.92. The van der Waals surface area contributed by atoms with Crippen molar-refractivity contribution in [3.05, 3.63) is 17.5 Å². The fraction of sp³-hybridized carbons (Fsp3) is 0.636. The second kappa shape index (κ2) is 6.27. The van der Waals surface area contributed by atoms with Crippen LogP contribution in [0.15, 0.2) is 6.20 Å². The number of rotatable bonds is 6. The number of H-pyrrole nitrogens is 1. The third-order valence-corrected chi connectivity index (χ3v) is 2.60. The number of amides is 1. The molecule has 0 bridgehead atoms. The summed E-state index contributed by atoms with van der Waals surface area (Å²) in [7, 11) is 0. The predicted molar refractivity (Wildman–Crippen MR) is 63.2 cm³/mol. The molecule has 16 heavy (non-hydrogen) atoms. The first-order valence-corrected chi connectivity index (χ1v) is 5.70. The number of unbranched alkanes of at least 4 members (excludes halogenated alkanes) is 1. The van der Waals surface area contributed by atoms with Crippen LogP contribution in [0.2, 0.25) is 0 Å². The Labute approximate surface area is 95.8 Å². The maximum Gasteiger partial charge on any atom is 0.254 e. The molecular formula is C11H20N4O. The lowest BCUT2D eigenvalue weighted by atomic mass is 10.1. The highest BCUT2D eigenvalue weighted by atomic mass is 16.1. The molecule has 0 aromatic carbocycles. The highest BCUT2D eigenvalue weighted by Gasteiger charge is 2.14. The van der Waals surface area contributed by atoms with Gasteiger partial charge in [0.05, 0.1) is 11.8 Å². The predicted octanol–water partition coefficient (Wildman–Crippen LogP) is 0.965. The van der Waals surface area contributed by atoms with E-state index in [1.54, 1.807) is 0 Å². The number of hydrogen-bond donors (Lipinski definition) is 3. The molecule has 5 heteroatoms. The van der Waals surface area contributed by atoms with Gasteiger partial charge in [-0.05, 0) is 13.3 Å². The molecule has 1 amide bonds. The van der Waals surface area contributed by atoms with Crippen molar-refractivity contribution in [1.29, 1.82) is 0 Å². The fourth-order valence-electron chi connectivity index (χ4n) is 1.54. The van der Waals surface area contributed by atoms with E-state index >= 15 is 0 Å². The molecule has 90 valence electrons. The molecule has 1 atom stereocenters. The summed E-state index contributed by atoms with van der Waals surface area (Å²) in [4.78, 5) is 11.8. The van der Waals surface area contributed by atoms with Gasteiger partial charge in [0.1, 0.15) is 0 Å². The molecular weight excluding hydrogens is 204 g/mol. The standard InChI is InChI=1S/C11H20N4O/c1-3-4-5-9(6-12)14-11(16)10-7-13-15-8(10)2/h7,9H,3-6,12H2,1-2H3,(H,13,15)(H,14,16). The summed E-state index contributed by atoms with van der Waals surface area (Å²) < 4.78 is 0. The highest BCUT2D eigenvalue weighted by molar-refractivity contribution is 5.95. The average Bonchev–Trinajstić information content (AvgIpc) is 2.70. The minimum atomic E-state index is -0.0993. The maximum atomic E-state index is 11.8. The number of aromatic nitrogens is 2. The quantitative estimate of drug-likeness (QED) is 0.673. The number of nitrogens with two attached hydrogens (primary N) is 1. The topological polar surface area (TPSA) is 83.8 Å². The van der Waals surface area contributed by atoms with Crippen LogP contribution in [0.1, 0.15) is 42.2 Å². The lowest BCUT2D eigenvalue weighted by Gasteiger charge is -2.16. The van der Waals surface area contributed by atoms with E-state index in [0.717, 1.165) is 25.0 Å². The molecule has 4 N–H and O–H groups in total. The third kappa shape index (κ3) is 3.34. The van der Waals surface area contributed by atoms with Gasteiger partial charge in [0.2, 0.25) is 0 Å². The zero-order valence-electron chi connectivity index (χ0n) is 9.92. The van der Waals surface area contributed by atoms with Crippen molar-refractivity contribution < 1.29 is 4.79 Å². The fourth-order valence-corrected chi connectivity index (χ4v) is 1.54. The van der Waals surface area contributed by atoms with Crippen molar-refractivity contribution in [3.8, 4) is 0 Å². The Morgan fingerprint density at radius 3 is 2.94 bits per heavy atom. The molecule has 1 unspecified atom stereocenters. The van der Waals surface area contributed by atoms with E-state index in [0.29, 0.717) is 12.1 Å². The van der Waals surface area contributed by atoms with E-state index in [4.69, 9.17) is 5.73 Å². The van der Waals surface area contributed by atoms with Gasteiger partial charge in [0.25, 0.3) is 5.91 Å². The number of hydrogen-bond acceptors (Lipinski definition) is 3. The number of carbonyl (C=O) groups excluding carboxylic acids is 1. The van der Waals surface area contributed by atoms with Crippen molar-refractivity contribution in [3.63, 3.8) is 0 Å². The van der Waals surface area contributed by atoms with Crippen molar-refractivity contribution in [2.75, 3.05) is 6.54 Å². The molecule has 0 aliphatic heterocycles. The van der Waals surface area contributed by atoms with Crippen LogP contribution in [0.4, 0.5) is 0 Å². The van der Waals surface area contributed by atoms with Gasteiger partial charge in [-0.25, -0.2) is 0 Å². The van der Waals surface area contributed by atoms with Gasteiger partial charge < -0.3 is 11.1 Å². The smallest absolute Gasteiger partial charge is 0.254 e. The van der Waals surface area contributed by atoms with Gasteiger partial charge in [-0.2, -0.15) is 5.10 Å². The Bertz CT molecular complexity index is 334. The molecule has 0 aliphatic rings. The van der Waals surface area contributed by atoms with E-state index in [1.807, 2.05) is 6.92 Å². The Kier molecular flexibility index (Phi) is 4.98. The first-order valence-electron chi connectivity index (χ1n) is 5.70. The van der Waals surface area contributed by atoms with Gasteiger partial charge in [-0.1, -0.05) is 19.8 Å². The Morgan fingerprint density at radius 1 is 1.69 bits per heavy atom.